The number of nitrogens with zero attached hydrogens (tertiary/aromatic N) is 1. The van der Waals surface area contributed by atoms with Crippen molar-refractivity contribution >= 4 is 21.8 Å². The molecule has 0 N–H and O–H groups in total. The summed E-state index contributed by atoms with van der Waals surface area (Å²) >= 11 is 3.46. The maximum absolute atomic E-state index is 12.9. The van der Waals surface area contributed by atoms with E-state index in [2.05, 4.69) is 15.9 Å². The lowest BCUT2D eigenvalue weighted by molar-refractivity contribution is 0.0642. The smallest absolute Gasteiger partial charge is 0.255 e. The Morgan fingerprint density at radius 3 is 1.86 bits per heavy atom. The fourth-order valence-corrected chi connectivity index (χ4v) is 3.11. The van der Waals surface area contributed by atoms with E-state index in [1.165, 1.54) is 21.3 Å². The van der Waals surface area contributed by atoms with Gasteiger partial charge in [-0.3, -0.25) is 4.79 Å². The van der Waals surface area contributed by atoms with Crippen molar-refractivity contribution in [3.63, 3.8) is 0 Å². The summed E-state index contributed by atoms with van der Waals surface area (Å²) in [6, 6.07) is 1.84. The summed E-state index contributed by atoms with van der Waals surface area (Å²) in [6.45, 7) is 7.96. The zero-order chi connectivity index (χ0) is 17.0. The third-order valence-corrected chi connectivity index (χ3v) is 4.13. The largest absolute Gasteiger partial charge is 0.493 e. The molecule has 22 heavy (non-hydrogen) atoms. The highest BCUT2D eigenvalue weighted by molar-refractivity contribution is 9.10. The Hall–Kier alpha value is -1.43. The Labute approximate surface area is 140 Å². The first-order valence-corrected chi connectivity index (χ1v) is 7.90. The number of ether oxygens (including phenoxy) is 3. The minimum absolute atomic E-state index is 0.0819. The summed E-state index contributed by atoms with van der Waals surface area (Å²) in [7, 11) is 4.59. The number of amides is 1. The predicted molar refractivity (Wildman–Crippen MR) is 90.2 cm³/mol. The molecule has 0 aliphatic rings. The Morgan fingerprint density at radius 1 is 1.00 bits per heavy atom. The number of benzene rings is 1. The SMILES string of the molecule is COc1cc(C(=O)N(C(C)C)C(C)C)c(Br)c(OC)c1OC. The average Bonchev–Trinajstić information content (AvgIpc) is 2.45. The molecule has 0 heterocycles. The van der Waals surface area contributed by atoms with Gasteiger partial charge in [0.1, 0.15) is 0 Å². The maximum atomic E-state index is 12.9. The first-order valence-electron chi connectivity index (χ1n) is 7.11. The van der Waals surface area contributed by atoms with Gasteiger partial charge in [0.25, 0.3) is 5.91 Å². The van der Waals surface area contributed by atoms with E-state index in [1.54, 1.807) is 6.07 Å². The molecule has 0 radical (unpaired) electrons. The molecule has 0 unspecified atom stereocenters. The van der Waals surface area contributed by atoms with Crippen molar-refractivity contribution in [3.05, 3.63) is 16.1 Å². The van der Waals surface area contributed by atoms with Crippen LogP contribution >= 0.6 is 15.9 Å². The zero-order valence-corrected chi connectivity index (χ0v) is 15.8. The van der Waals surface area contributed by atoms with Gasteiger partial charge >= 0.3 is 0 Å². The van der Waals surface area contributed by atoms with Gasteiger partial charge in [-0.15, -0.1) is 0 Å². The summed E-state index contributed by atoms with van der Waals surface area (Å²) in [4.78, 5) is 14.7. The van der Waals surface area contributed by atoms with Crippen LogP contribution in [0.3, 0.4) is 0 Å². The highest BCUT2D eigenvalue weighted by atomic mass is 79.9. The lowest BCUT2D eigenvalue weighted by Crippen LogP contribution is -2.42. The lowest BCUT2D eigenvalue weighted by Gasteiger charge is -2.31. The summed E-state index contributed by atoms with van der Waals surface area (Å²) in [5.74, 6) is 1.27. The minimum Gasteiger partial charge on any atom is -0.493 e. The van der Waals surface area contributed by atoms with Crippen LogP contribution in [0.25, 0.3) is 0 Å². The summed E-state index contributed by atoms with van der Waals surface area (Å²) in [5.41, 5.74) is 0.483. The van der Waals surface area contributed by atoms with Crippen LogP contribution in [0.2, 0.25) is 0 Å². The summed E-state index contributed by atoms with van der Waals surface area (Å²) in [6.07, 6.45) is 0. The fraction of sp³-hybridized carbons (Fsp3) is 0.562. The van der Waals surface area contributed by atoms with Crippen LogP contribution in [0.1, 0.15) is 38.1 Å². The van der Waals surface area contributed by atoms with Crippen LogP contribution in [0.5, 0.6) is 17.2 Å². The number of rotatable bonds is 6. The second kappa shape index (κ2) is 7.72. The van der Waals surface area contributed by atoms with Gasteiger partial charge in [-0.2, -0.15) is 0 Å². The van der Waals surface area contributed by atoms with Crippen molar-refractivity contribution in [1.82, 2.24) is 4.90 Å². The van der Waals surface area contributed by atoms with Gasteiger partial charge < -0.3 is 19.1 Å². The molecule has 0 saturated carbocycles. The number of carbonyl (C=O) groups is 1. The van der Waals surface area contributed by atoms with Crippen molar-refractivity contribution in [2.75, 3.05) is 21.3 Å². The molecule has 0 atom stereocenters. The average molecular weight is 374 g/mol. The van der Waals surface area contributed by atoms with Crippen molar-refractivity contribution < 1.29 is 19.0 Å². The second-order valence-corrected chi connectivity index (χ2v) is 6.20. The van der Waals surface area contributed by atoms with E-state index >= 15 is 0 Å². The van der Waals surface area contributed by atoms with Crippen LogP contribution in [0, 0.1) is 0 Å². The van der Waals surface area contributed by atoms with Crippen molar-refractivity contribution in [2.45, 2.75) is 39.8 Å². The van der Waals surface area contributed by atoms with Crippen LogP contribution in [-0.2, 0) is 0 Å². The second-order valence-electron chi connectivity index (χ2n) is 5.41. The third kappa shape index (κ3) is 3.48. The number of methoxy groups -OCH3 is 3. The fourth-order valence-electron chi connectivity index (χ4n) is 2.48. The molecule has 0 aliphatic carbocycles. The van der Waals surface area contributed by atoms with Gasteiger partial charge in [-0.25, -0.2) is 0 Å². The zero-order valence-electron chi connectivity index (χ0n) is 14.2. The van der Waals surface area contributed by atoms with Gasteiger partial charge in [-0.1, -0.05) is 0 Å². The van der Waals surface area contributed by atoms with E-state index in [-0.39, 0.29) is 18.0 Å². The molecule has 0 fully saturated rings. The minimum atomic E-state index is -0.0869. The Bertz CT molecular complexity index is 535. The maximum Gasteiger partial charge on any atom is 0.255 e. The molecule has 1 aromatic rings. The number of hydrogen-bond donors (Lipinski definition) is 0. The van der Waals surface area contributed by atoms with Crippen LogP contribution in [0.15, 0.2) is 10.5 Å². The molecule has 0 saturated heterocycles. The monoisotopic (exact) mass is 373 g/mol. The first kappa shape index (κ1) is 18.6. The van der Waals surface area contributed by atoms with E-state index in [4.69, 9.17) is 14.2 Å². The molecule has 1 amide bonds. The topological polar surface area (TPSA) is 48.0 Å². The molecular weight excluding hydrogens is 350 g/mol. The predicted octanol–water partition coefficient (Wildman–Crippen LogP) is 3.73. The highest BCUT2D eigenvalue weighted by Crippen LogP contribution is 2.45. The van der Waals surface area contributed by atoms with E-state index in [0.717, 1.165) is 0 Å². The standard InChI is InChI=1S/C16H24BrNO4/c1-9(2)18(10(3)4)16(19)11-8-12(20-5)14(21-6)15(22-7)13(11)17/h8-10H,1-7H3. The Morgan fingerprint density at radius 2 is 1.50 bits per heavy atom. The first-order chi connectivity index (χ1) is 10.3. The van der Waals surface area contributed by atoms with Crippen LogP contribution in [0.4, 0.5) is 0 Å². The van der Waals surface area contributed by atoms with Gasteiger partial charge in [0.15, 0.2) is 11.5 Å². The summed E-state index contributed by atoms with van der Waals surface area (Å²) in [5, 5.41) is 0. The Kier molecular flexibility index (Phi) is 6.53. The number of halogens is 1. The number of hydrogen-bond acceptors (Lipinski definition) is 4. The van der Waals surface area contributed by atoms with Crippen LogP contribution in [-0.4, -0.2) is 44.2 Å². The number of carbonyl (C=O) groups excluding carboxylic acids is 1. The van der Waals surface area contributed by atoms with E-state index < -0.39 is 0 Å². The summed E-state index contributed by atoms with van der Waals surface area (Å²) < 4.78 is 16.6. The Balaban J connectivity index is 3.50. The molecular formula is C16H24BrNO4. The van der Waals surface area contributed by atoms with Gasteiger partial charge in [0.05, 0.1) is 31.4 Å². The molecule has 1 aromatic carbocycles. The van der Waals surface area contributed by atoms with E-state index in [1.807, 2.05) is 32.6 Å². The molecule has 6 heteroatoms. The molecule has 5 nitrogen and oxygen atoms in total. The third-order valence-electron chi connectivity index (χ3n) is 3.35. The molecule has 0 aliphatic heterocycles. The van der Waals surface area contributed by atoms with E-state index in [0.29, 0.717) is 27.3 Å². The van der Waals surface area contributed by atoms with Crippen molar-refractivity contribution in [2.24, 2.45) is 0 Å². The molecule has 0 aromatic heterocycles. The van der Waals surface area contributed by atoms with Gasteiger partial charge in [-0.05, 0) is 49.7 Å². The van der Waals surface area contributed by atoms with Crippen LogP contribution < -0.4 is 14.2 Å². The van der Waals surface area contributed by atoms with Crippen molar-refractivity contribution in [3.8, 4) is 17.2 Å². The van der Waals surface area contributed by atoms with Gasteiger partial charge in [0, 0.05) is 12.1 Å². The molecule has 124 valence electrons. The highest BCUT2D eigenvalue weighted by Gasteiger charge is 2.28. The van der Waals surface area contributed by atoms with E-state index in [9.17, 15) is 4.79 Å². The van der Waals surface area contributed by atoms with Crippen molar-refractivity contribution in [1.29, 1.82) is 0 Å². The van der Waals surface area contributed by atoms with Gasteiger partial charge in [0.2, 0.25) is 5.75 Å². The normalized spacial score (nSPS) is 10.8. The molecule has 1 rings (SSSR count). The molecule has 0 spiro atoms. The lowest BCUT2D eigenvalue weighted by atomic mass is 10.1. The quantitative estimate of drug-likeness (QED) is 0.761. The molecule has 0 bridgehead atoms.